The van der Waals surface area contributed by atoms with Crippen LogP contribution in [-0.2, 0) is 19.3 Å². The molecule has 1 aromatic heterocycles. The van der Waals surface area contributed by atoms with Crippen molar-refractivity contribution >= 4 is 17.5 Å². The molecule has 2 atom stereocenters. The molecule has 31 heavy (non-hydrogen) atoms. The van der Waals surface area contributed by atoms with E-state index in [1.165, 1.54) is 5.56 Å². The monoisotopic (exact) mass is 437 g/mol. The first-order valence-electron chi connectivity index (χ1n) is 10.9. The lowest BCUT2D eigenvalue weighted by Crippen LogP contribution is -2.39. The first-order valence-corrected chi connectivity index (χ1v) is 11.3. The fourth-order valence-electron chi connectivity index (χ4n) is 4.46. The number of H-pyrrole nitrogens is 1. The first-order chi connectivity index (χ1) is 15.1. The van der Waals surface area contributed by atoms with E-state index in [9.17, 15) is 9.90 Å². The van der Waals surface area contributed by atoms with Gasteiger partial charge in [0.15, 0.2) is 5.69 Å². The van der Waals surface area contributed by atoms with Crippen LogP contribution in [0, 0.1) is 0 Å². The third kappa shape index (κ3) is 5.35. The fraction of sp³-hybridized carbons (Fsp3) is 0.360. The summed E-state index contributed by atoms with van der Waals surface area (Å²) < 4.78 is 0. The molecule has 1 aliphatic rings. The molecule has 3 aromatic rings. The quantitative estimate of drug-likeness (QED) is 0.478. The molecule has 0 aliphatic heterocycles. The van der Waals surface area contributed by atoms with Crippen molar-refractivity contribution in [2.75, 3.05) is 6.61 Å². The van der Waals surface area contributed by atoms with E-state index in [-0.39, 0.29) is 24.5 Å². The summed E-state index contributed by atoms with van der Waals surface area (Å²) in [6, 6.07) is 17.5. The Balaban J connectivity index is 1.50. The van der Waals surface area contributed by atoms with Crippen molar-refractivity contribution in [2.24, 2.45) is 0 Å². The predicted octanol–water partition coefficient (Wildman–Crippen LogP) is 4.45. The Morgan fingerprint density at radius 2 is 1.97 bits per heavy atom. The molecule has 1 heterocycles. The van der Waals surface area contributed by atoms with Gasteiger partial charge in [0, 0.05) is 22.2 Å². The van der Waals surface area contributed by atoms with Gasteiger partial charge in [-0.05, 0) is 55.4 Å². The van der Waals surface area contributed by atoms with Crippen LogP contribution < -0.4 is 5.32 Å². The summed E-state index contributed by atoms with van der Waals surface area (Å²) in [5, 5.41) is 21.1. The summed E-state index contributed by atoms with van der Waals surface area (Å²) in [5.41, 5.74) is 4.79. The Kier molecular flexibility index (Phi) is 7.05. The van der Waals surface area contributed by atoms with Crippen molar-refractivity contribution in [1.29, 1.82) is 0 Å². The number of aliphatic hydroxyl groups excluding tert-OH is 1. The highest BCUT2D eigenvalue weighted by molar-refractivity contribution is 6.30. The van der Waals surface area contributed by atoms with Crippen molar-refractivity contribution in [3.05, 3.63) is 87.7 Å². The number of fused-ring (bicyclic) bond motifs is 1. The number of nitrogens with one attached hydrogen (secondary N) is 2. The van der Waals surface area contributed by atoms with Gasteiger partial charge in [0.25, 0.3) is 5.91 Å². The zero-order valence-electron chi connectivity index (χ0n) is 17.5. The lowest BCUT2D eigenvalue weighted by atomic mass is 9.91. The number of nitrogens with zero attached hydrogens (tertiary/aromatic N) is 1. The minimum atomic E-state index is -0.352. The molecule has 162 valence electrons. The van der Waals surface area contributed by atoms with E-state index in [4.69, 9.17) is 11.6 Å². The van der Waals surface area contributed by atoms with Crippen LogP contribution in [0.3, 0.4) is 0 Å². The second-order valence-electron chi connectivity index (χ2n) is 8.28. The molecular weight excluding hydrogens is 410 g/mol. The molecule has 1 aliphatic carbocycles. The van der Waals surface area contributed by atoms with Gasteiger partial charge in [0.2, 0.25) is 0 Å². The first kappa shape index (κ1) is 21.6. The molecule has 1 amide bonds. The van der Waals surface area contributed by atoms with Gasteiger partial charge in [-0.15, -0.1) is 0 Å². The number of halogens is 1. The molecule has 0 radical (unpaired) electrons. The standard InChI is InChI=1S/C25H28ClN3O2/c26-20-11-6-9-18(14-20)13-19-10-4-5-12-22-23(19)28-29-24(22)25(31)27-21(16-30)15-17-7-2-1-3-8-17/h1-3,6-9,11,14,19,21,30H,4-5,10,12-13,15-16H2,(H,27,31)(H,28,29)/t19?,21-/m1/s1. The molecule has 6 heteroatoms. The number of aliphatic hydroxyl groups is 1. The lowest BCUT2D eigenvalue weighted by Gasteiger charge is -2.17. The van der Waals surface area contributed by atoms with Crippen LogP contribution in [0.5, 0.6) is 0 Å². The van der Waals surface area contributed by atoms with E-state index in [1.807, 2.05) is 48.5 Å². The van der Waals surface area contributed by atoms with Crippen molar-refractivity contribution in [2.45, 2.75) is 50.5 Å². The summed E-state index contributed by atoms with van der Waals surface area (Å²) in [6.07, 6.45) is 5.48. The zero-order valence-corrected chi connectivity index (χ0v) is 18.2. The van der Waals surface area contributed by atoms with Gasteiger partial charge >= 0.3 is 0 Å². The average molecular weight is 438 g/mol. The summed E-state index contributed by atoms with van der Waals surface area (Å²) in [6.45, 7) is -0.120. The maximum Gasteiger partial charge on any atom is 0.272 e. The number of benzene rings is 2. The molecule has 0 spiro atoms. The van der Waals surface area contributed by atoms with Crippen molar-refractivity contribution in [1.82, 2.24) is 15.5 Å². The van der Waals surface area contributed by atoms with Gasteiger partial charge in [-0.25, -0.2) is 0 Å². The predicted molar refractivity (Wildman–Crippen MR) is 123 cm³/mol. The highest BCUT2D eigenvalue weighted by Crippen LogP contribution is 2.33. The maximum absolute atomic E-state index is 13.0. The molecule has 5 nitrogen and oxygen atoms in total. The maximum atomic E-state index is 13.0. The number of carbonyl (C=O) groups excluding carboxylic acids is 1. The van der Waals surface area contributed by atoms with Gasteiger partial charge in [0.05, 0.1) is 12.6 Å². The second kappa shape index (κ2) is 10.1. The number of rotatable bonds is 7. The van der Waals surface area contributed by atoms with Crippen LogP contribution >= 0.6 is 11.6 Å². The molecule has 0 saturated carbocycles. The number of hydrogen-bond donors (Lipinski definition) is 3. The summed E-state index contributed by atoms with van der Waals surface area (Å²) in [7, 11) is 0. The van der Waals surface area contributed by atoms with Crippen LogP contribution in [0.1, 0.15) is 58.1 Å². The van der Waals surface area contributed by atoms with Gasteiger partial charge < -0.3 is 10.4 Å². The topological polar surface area (TPSA) is 78.0 Å². The number of aromatic amines is 1. The Morgan fingerprint density at radius 1 is 1.16 bits per heavy atom. The number of aromatic nitrogens is 2. The Labute approximate surface area is 187 Å². The minimum Gasteiger partial charge on any atom is -0.394 e. The highest BCUT2D eigenvalue weighted by Gasteiger charge is 2.27. The van der Waals surface area contributed by atoms with E-state index < -0.39 is 0 Å². The van der Waals surface area contributed by atoms with Crippen molar-refractivity contribution in [3.63, 3.8) is 0 Å². The molecule has 4 rings (SSSR count). The molecule has 0 fully saturated rings. The second-order valence-corrected chi connectivity index (χ2v) is 8.72. The third-order valence-corrected chi connectivity index (χ3v) is 6.24. The SMILES string of the molecule is O=C(N[C@@H](CO)Cc1ccccc1)c1n[nH]c2c1CCCCC2Cc1cccc(Cl)c1. The summed E-state index contributed by atoms with van der Waals surface area (Å²) >= 11 is 6.17. The van der Waals surface area contributed by atoms with Gasteiger partial charge in [0.1, 0.15) is 0 Å². The largest absolute Gasteiger partial charge is 0.394 e. The Bertz CT molecular complexity index is 1020. The molecule has 3 N–H and O–H groups in total. The number of carbonyl (C=O) groups is 1. The van der Waals surface area contributed by atoms with Gasteiger partial charge in [-0.3, -0.25) is 9.89 Å². The van der Waals surface area contributed by atoms with E-state index >= 15 is 0 Å². The Morgan fingerprint density at radius 3 is 2.74 bits per heavy atom. The van der Waals surface area contributed by atoms with Crippen LogP contribution in [0.15, 0.2) is 54.6 Å². The van der Waals surface area contributed by atoms with Crippen LogP contribution in [0.25, 0.3) is 0 Å². The van der Waals surface area contributed by atoms with Gasteiger partial charge in [-0.1, -0.05) is 60.5 Å². The molecule has 2 aromatic carbocycles. The van der Waals surface area contributed by atoms with E-state index in [2.05, 4.69) is 21.6 Å². The molecule has 1 unspecified atom stereocenters. The Hall–Kier alpha value is -2.63. The van der Waals surface area contributed by atoms with E-state index in [0.29, 0.717) is 12.1 Å². The lowest BCUT2D eigenvalue weighted by molar-refractivity contribution is 0.0910. The van der Waals surface area contributed by atoms with Crippen molar-refractivity contribution < 1.29 is 9.90 Å². The number of amides is 1. The summed E-state index contributed by atoms with van der Waals surface area (Å²) in [5.74, 6) is 0.0545. The minimum absolute atomic E-state index is 0.120. The summed E-state index contributed by atoms with van der Waals surface area (Å²) in [4.78, 5) is 13.0. The van der Waals surface area contributed by atoms with Gasteiger partial charge in [-0.2, -0.15) is 5.10 Å². The third-order valence-electron chi connectivity index (χ3n) is 6.00. The normalized spacial score (nSPS) is 16.9. The van der Waals surface area contributed by atoms with Crippen LogP contribution in [0.4, 0.5) is 0 Å². The number of hydrogen-bond acceptors (Lipinski definition) is 3. The zero-order chi connectivity index (χ0) is 21.6. The molecule has 0 bridgehead atoms. The molecule has 0 saturated heterocycles. The van der Waals surface area contributed by atoms with Crippen molar-refractivity contribution in [3.8, 4) is 0 Å². The highest BCUT2D eigenvalue weighted by atomic mass is 35.5. The molecular formula is C25H28ClN3O2. The van der Waals surface area contributed by atoms with Crippen LogP contribution in [-0.4, -0.2) is 33.9 Å². The van der Waals surface area contributed by atoms with E-state index in [1.54, 1.807) is 0 Å². The van der Waals surface area contributed by atoms with Crippen LogP contribution in [0.2, 0.25) is 5.02 Å². The fourth-order valence-corrected chi connectivity index (χ4v) is 4.67. The van der Waals surface area contributed by atoms with E-state index in [0.717, 1.165) is 53.9 Å². The smallest absolute Gasteiger partial charge is 0.272 e. The average Bonchev–Trinajstić information content (AvgIpc) is 3.10.